The van der Waals surface area contributed by atoms with Gasteiger partial charge in [0.2, 0.25) is 0 Å². The van der Waals surface area contributed by atoms with Crippen molar-refractivity contribution in [2.45, 2.75) is 57.5 Å². The Balaban J connectivity index is 1.17. The van der Waals surface area contributed by atoms with E-state index in [0.29, 0.717) is 36.7 Å². The molecule has 1 N–H and O–H groups in total. The SMILES string of the molecule is CCOc1cc(-c2ccc(F)cc2)c(C2CC2)cc1CN1CCC(N2CCc3ncc(C(=O)O)cc3C2=O)CC1. The summed E-state index contributed by atoms with van der Waals surface area (Å²) in [6, 6.07) is 12.7. The smallest absolute Gasteiger partial charge is 0.337 e. The number of carbonyl (C=O) groups excluding carboxylic acids is 1. The zero-order chi connectivity index (χ0) is 27.8. The van der Waals surface area contributed by atoms with Crippen LogP contribution in [0.2, 0.25) is 0 Å². The third kappa shape index (κ3) is 5.32. The highest BCUT2D eigenvalue weighted by molar-refractivity contribution is 5.99. The molecule has 2 fully saturated rings. The van der Waals surface area contributed by atoms with Crippen LogP contribution in [0.3, 0.4) is 0 Å². The molecule has 0 bridgehead atoms. The number of carboxylic acids is 1. The van der Waals surface area contributed by atoms with Crippen molar-refractivity contribution in [3.8, 4) is 16.9 Å². The summed E-state index contributed by atoms with van der Waals surface area (Å²) in [6.07, 6.45) is 6.04. The van der Waals surface area contributed by atoms with Crippen molar-refractivity contribution in [1.29, 1.82) is 0 Å². The number of aromatic nitrogens is 1. The van der Waals surface area contributed by atoms with Crippen molar-refractivity contribution >= 4 is 11.9 Å². The van der Waals surface area contributed by atoms with Gasteiger partial charge < -0.3 is 14.7 Å². The highest BCUT2D eigenvalue weighted by Gasteiger charge is 2.34. The predicted octanol–water partition coefficient (Wildman–Crippen LogP) is 5.52. The van der Waals surface area contributed by atoms with Crippen molar-refractivity contribution in [1.82, 2.24) is 14.8 Å². The monoisotopic (exact) mass is 543 g/mol. The lowest BCUT2D eigenvalue weighted by Crippen LogP contribution is -2.50. The molecule has 0 unspecified atom stereocenters. The molecule has 1 saturated heterocycles. The summed E-state index contributed by atoms with van der Waals surface area (Å²) in [5.74, 6) is -0.0176. The molecule has 1 amide bonds. The summed E-state index contributed by atoms with van der Waals surface area (Å²) in [5, 5.41) is 9.33. The fraction of sp³-hybridized carbons (Fsp3) is 0.406. The molecule has 2 aromatic carbocycles. The van der Waals surface area contributed by atoms with E-state index in [9.17, 15) is 19.1 Å². The summed E-state index contributed by atoms with van der Waals surface area (Å²) in [7, 11) is 0. The first kappa shape index (κ1) is 26.4. The van der Waals surface area contributed by atoms with Crippen LogP contribution < -0.4 is 4.74 Å². The molecule has 0 radical (unpaired) electrons. The number of hydrogen-bond acceptors (Lipinski definition) is 5. The van der Waals surface area contributed by atoms with Crippen LogP contribution in [0.4, 0.5) is 4.39 Å². The van der Waals surface area contributed by atoms with Gasteiger partial charge in [0.15, 0.2) is 0 Å². The van der Waals surface area contributed by atoms with Crippen LogP contribution in [0, 0.1) is 5.82 Å². The summed E-state index contributed by atoms with van der Waals surface area (Å²) >= 11 is 0. The molecule has 0 atom stereocenters. The van der Waals surface area contributed by atoms with Gasteiger partial charge in [-0.25, -0.2) is 9.18 Å². The number of amides is 1. The van der Waals surface area contributed by atoms with Crippen LogP contribution in [0.1, 0.15) is 76.1 Å². The lowest BCUT2D eigenvalue weighted by atomic mass is 9.93. The number of carbonyl (C=O) groups is 2. The van der Waals surface area contributed by atoms with Gasteiger partial charge in [0.1, 0.15) is 11.6 Å². The zero-order valence-electron chi connectivity index (χ0n) is 22.7. The average Bonchev–Trinajstić information content (AvgIpc) is 3.81. The van der Waals surface area contributed by atoms with E-state index in [1.165, 1.54) is 48.4 Å². The van der Waals surface area contributed by atoms with Crippen LogP contribution in [-0.4, -0.2) is 64.0 Å². The minimum Gasteiger partial charge on any atom is -0.494 e. The van der Waals surface area contributed by atoms with Crippen LogP contribution in [0.25, 0.3) is 11.1 Å². The molecule has 6 rings (SSSR count). The molecule has 3 aliphatic rings. The molecule has 3 heterocycles. The Bertz CT molecular complexity index is 1430. The normalized spacial score (nSPS) is 18.1. The lowest BCUT2D eigenvalue weighted by molar-refractivity contribution is 0.0543. The van der Waals surface area contributed by atoms with Gasteiger partial charge in [0.25, 0.3) is 5.91 Å². The Morgan fingerprint density at radius 3 is 2.48 bits per heavy atom. The minimum atomic E-state index is -1.07. The summed E-state index contributed by atoms with van der Waals surface area (Å²) < 4.78 is 19.7. The molecule has 7 nitrogen and oxygen atoms in total. The zero-order valence-corrected chi connectivity index (χ0v) is 22.7. The van der Waals surface area contributed by atoms with Gasteiger partial charge in [-0.05, 0) is 85.5 Å². The fourth-order valence-electron chi connectivity index (χ4n) is 6.12. The van der Waals surface area contributed by atoms with Crippen LogP contribution in [0.15, 0.2) is 48.7 Å². The van der Waals surface area contributed by atoms with E-state index in [4.69, 9.17) is 4.74 Å². The molecule has 1 aliphatic carbocycles. The van der Waals surface area contributed by atoms with Crippen LogP contribution >= 0.6 is 0 Å². The van der Waals surface area contributed by atoms with Crippen molar-refractivity contribution in [2.24, 2.45) is 0 Å². The minimum absolute atomic E-state index is 0.0462. The maximum absolute atomic E-state index is 13.6. The van der Waals surface area contributed by atoms with Crippen LogP contribution in [0.5, 0.6) is 5.75 Å². The van der Waals surface area contributed by atoms with E-state index in [-0.39, 0.29) is 23.3 Å². The number of halogens is 1. The van der Waals surface area contributed by atoms with Gasteiger partial charge in [-0.3, -0.25) is 14.7 Å². The highest BCUT2D eigenvalue weighted by Crippen LogP contribution is 2.46. The Morgan fingerprint density at radius 1 is 1.05 bits per heavy atom. The topological polar surface area (TPSA) is 83.0 Å². The largest absolute Gasteiger partial charge is 0.494 e. The number of fused-ring (bicyclic) bond motifs is 1. The number of hydrogen-bond donors (Lipinski definition) is 1. The van der Waals surface area contributed by atoms with E-state index in [1.807, 2.05) is 24.0 Å². The van der Waals surface area contributed by atoms with Gasteiger partial charge in [-0.2, -0.15) is 0 Å². The van der Waals surface area contributed by atoms with Gasteiger partial charge in [0.05, 0.1) is 23.4 Å². The van der Waals surface area contributed by atoms with Crippen molar-refractivity contribution in [2.75, 3.05) is 26.2 Å². The molecule has 3 aromatic rings. The molecule has 40 heavy (non-hydrogen) atoms. The Morgan fingerprint density at radius 2 is 1.80 bits per heavy atom. The molecule has 208 valence electrons. The average molecular weight is 544 g/mol. The summed E-state index contributed by atoms with van der Waals surface area (Å²) in [6.45, 7) is 5.66. The number of carboxylic acid groups (broad SMARTS) is 1. The molecule has 2 aliphatic heterocycles. The number of likely N-dealkylation sites (tertiary alicyclic amines) is 1. The molecule has 1 saturated carbocycles. The Hall–Kier alpha value is -3.78. The number of piperidine rings is 1. The van der Waals surface area contributed by atoms with Crippen molar-refractivity contribution in [3.63, 3.8) is 0 Å². The van der Waals surface area contributed by atoms with Gasteiger partial charge in [0, 0.05) is 50.4 Å². The fourth-order valence-corrected chi connectivity index (χ4v) is 6.12. The molecule has 0 spiro atoms. The van der Waals surface area contributed by atoms with E-state index >= 15 is 0 Å². The van der Waals surface area contributed by atoms with Gasteiger partial charge in [-0.15, -0.1) is 0 Å². The predicted molar refractivity (Wildman–Crippen MR) is 149 cm³/mol. The third-order valence-corrected chi connectivity index (χ3v) is 8.39. The number of benzene rings is 2. The third-order valence-electron chi connectivity index (χ3n) is 8.39. The van der Waals surface area contributed by atoms with E-state index in [0.717, 1.165) is 49.4 Å². The first-order valence-corrected chi connectivity index (χ1v) is 14.2. The number of ether oxygens (including phenoxy) is 1. The lowest BCUT2D eigenvalue weighted by Gasteiger charge is -2.40. The summed E-state index contributed by atoms with van der Waals surface area (Å²) in [5.41, 5.74) is 5.76. The van der Waals surface area contributed by atoms with E-state index in [1.54, 1.807) is 0 Å². The Kier molecular flexibility index (Phi) is 7.27. The van der Waals surface area contributed by atoms with E-state index < -0.39 is 5.97 Å². The maximum Gasteiger partial charge on any atom is 0.337 e. The van der Waals surface area contributed by atoms with E-state index in [2.05, 4.69) is 22.0 Å². The summed E-state index contributed by atoms with van der Waals surface area (Å²) in [4.78, 5) is 33.3. The van der Waals surface area contributed by atoms with Crippen LogP contribution in [-0.2, 0) is 13.0 Å². The number of aromatic carboxylic acids is 1. The number of pyridine rings is 1. The highest BCUT2D eigenvalue weighted by atomic mass is 19.1. The second kappa shape index (κ2) is 11.0. The van der Waals surface area contributed by atoms with Gasteiger partial charge in [-0.1, -0.05) is 12.1 Å². The standard InChI is InChI=1S/C32H34FN3O4/c1-2-40-30-17-27(21-5-7-24(33)8-6-21)26(20-3-4-20)16-23(30)19-35-12-9-25(10-13-35)36-14-11-29-28(31(36)37)15-22(18-34-29)32(38)39/h5-8,15-18,20,25H,2-4,9-14,19H2,1H3,(H,38,39). The first-order chi connectivity index (χ1) is 19.4. The molecule has 1 aromatic heterocycles. The number of rotatable bonds is 8. The van der Waals surface area contributed by atoms with Crippen molar-refractivity contribution < 1.29 is 23.8 Å². The first-order valence-electron chi connectivity index (χ1n) is 14.2. The number of nitrogens with zero attached hydrogens (tertiary/aromatic N) is 3. The second-order valence-corrected chi connectivity index (χ2v) is 11.0. The Labute approximate surface area is 233 Å². The maximum atomic E-state index is 13.6. The van der Waals surface area contributed by atoms with Gasteiger partial charge >= 0.3 is 5.97 Å². The molecule has 8 heteroatoms. The second-order valence-electron chi connectivity index (χ2n) is 11.0. The molecular formula is C32H34FN3O4. The van der Waals surface area contributed by atoms with Crippen molar-refractivity contribution in [3.05, 3.63) is 82.4 Å². The molecular weight excluding hydrogens is 509 g/mol. The quantitative estimate of drug-likeness (QED) is 0.403.